The third-order valence-corrected chi connectivity index (χ3v) is 9.01. The van der Waals surface area contributed by atoms with Crippen molar-refractivity contribution in [3.8, 4) is 0 Å². The fourth-order valence-corrected chi connectivity index (χ4v) is 6.51. The van der Waals surface area contributed by atoms with Gasteiger partial charge in [-0.2, -0.15) is 0 Å². The van der Waals surface area contributed by atoms with Crippen molar-refractivity contribution >= 4 is 47.2 Å². The number of halogens is 2. The van der Waals surface area contributed by atoms with Crippen LogP contribution in [0.3, 0.4) is 0 Å². The lowest BCUT2D eigenvalue weighted by Gasteiger charge is -2.46. The van der Waals surface area contributed by atoms with Gasteiger partial charge in [-0.1, -0.05) is 23.7 Å². The van der Waals surface area contributed by atoms with E-state index in [9.17, 15) is 9.59 Å². The second-order valence-electron chi connectivity index (χ2n) is 9.97. The minimum absolute atomic E-state index is 0. The molecule has 1 saturated carbocycles. The Kier molecular flexibility index (Phi) is 10.8. The molecule has 1 saturated heterocycles. The van der Waals surface area contributed by atoms with Crippen LogP contribution in [-0.4, -0.2) is 78.7 Å². The van der Waals surface area contributed by atoms with E-state index in [-0.39, 0.29) is 30.9 Å². The van der Waals surface area contributed by atoms with Crippen molar-refractivity contribution < 1.29 is 19.1 Å². The summed E-state index contributed by atoms with van der Waals surface area (Å²) in [7, 11) is 2.95. The number of carbonyl (C=O) groups excluding carboxylic acids is 2. The van der Waals surface area contributed by atoms with Gasteiger partial charge in [0.2, 0.25) is 0 Å². The number of aromatic nitrogens is 1. The van der Waals surface area contributed by atoms with Gasteiger partial charge >= 0.3 is 5.97 Å². The number of rotatable bonds is 7. The van der Waals surface area contributed by atoms with Crippen molar-refractivity contribution in [3.63, 3.8) is 0 Å². The fraction of sp³-hybridized carbons (Fsp3) is 0.593. The maximum Gasteiger partial charge on any atom is 0.325 e. The van der Waals surface area contributed by atoms with Crippen molar-refractivity contribution in [1.82, 2.24) is 14.8 Å². The molecule has 4 rings (SSSR count). The first-order valence-electron chi connectivity index (χ1n) is 12.6. The Balaban J connectivity index is 0.00000380. The summed E-state index contributed by atoms with van der Waals surface area (Å²) in [5.74, 6) is -0.110. The Labute approximate surface area is 234 Å². The normalized spacial score (nSPS) is 24.2. The smallest absolute Gasteiger partial charge is 0.325 e. The first-order chi connectivity index (χ1) is 17.2. The predicted octanol–water partition coefficient (Wildman–Crippen LogP) is 4.80. The molecular formula is C27H37Cl2N3O4S. The van der Waals surface area contributed by atoms with Gasteiger partial charge in [0.25, 0.3) is 5.91 Å². The molecular weight excluding hydrogens is 533 g/mol. The van der Waals surface area contributed by atoms with Gasteiger partial charge in [-0.15, -0.1) is 23.7 Å². The molecule has 1 aliphatic carbocycles. The second kappa shape index (κ2) is 13.4. The fourth-order valence-electron chi connectivity index (χ4n) is 5.29. The van der Waals surface area contributed by atoms with E-state index >= 15 is 0 Å². The van der Waals surface area contributed by atoms with E-state index in [1.165, 1.54) is 27.5 Å². The van der Waals surface area contributed by atoms with Crippen LogP contribution in [-0.2, 0) is 25.5 Å². The van der Waals surface area contributed by atoms with Crippen LogP contribution in [0.4, 0.5) is 0 Å². The highest BCUT2D eigenvalue weighted by atomic mass is 35.5. The van der Waals surface area contributed by atoms with Crippen LogP contribution in [0.25, 0.3) is 0 Å². The van der Waals surface area contributed by atoms with Gasteiger partial charge in [0, 0.05) is 41.5 Å². The van der Waals surface area contributed by atoms with E-state index < -0.39 is 12.1 Å². The number of hydrogen-bond donors (Lipinski definition) is 0. The van der Waals surface area contributed by atoms with Gasteiger partial charge in [0.15, 0.2) is 0 Å². The summed E-state index contributed by atoms with van der Waals surface area (Å²) in [6, 6.07) is 8.51. The number of thiazole rings is 1. The largest absolute Gasteiger partial charge is 0.468 e. The van der Waals surface area contributed by atoms with Crippen LogP contribution >= 0.6 is 35.3 Å². The molecule has 7 nitrogen and oxygen atoms in total. The quantitative estimate of drug-likeness (QED) is 0.446. The van der Waals surface area contributed by atoms with Crippen molar-refractivity contribution in [2.24, 2.45) is 0 Å². The number of methoxy groups -OCH3 is 1. The molecule has 0 spiro atoms. The van der Waals surface area contributed by atoms with Crippen molar-refractivity contribution in [2.75, 3.05) is 33.9 Å². The van der Waals surface area contributed by atoms with Crippen LogP contribution in [0, 0.1) is 13.8 Å². The molecule has 0 unspecified atom stereocenters. The third-order valence-electron chi connectivity index (χ3n) is 7.53. The highest BCUT2D eigenvalue weighted by Crippen LogP contribution is 2.38. The highest BCUT2D eigenvalue weighted by Gasteiger charge is 2.39. The number of amides is 1. The zero-order valence-corrected chi connectivity index (χ0v) is 24.3. The highest BCUT2D eigenvalue weighted by molar-refractivity contribution is 7.11. The summed E-state index contributed by atoms with van der Waals surface area (Å²) in [4.78, 5) is 34.8. The molecule has 1 amide bonds. The lowest BCUT2D eigenvalue weighted by atomic mass is 9.84. The van der Waals surface area contributed by atoms with Gasteiger partial charge in [0.1, 0.15) is 12.6 Å². The Morgan fingerprint density at radius 2 is 1.86 bits per heavy atom. The molecule has 2 aliphatic rings. The van der Waals surface area contributed by atoms with E-state index in [1.54, 1.807) is 7.05 Å². The molecule has 1 aromatic heterocycles. The number of esters is 1. The Morgan fingerprint density at radius 1 is 1.19 bits per heavy atom. The van der Waals surface area contributed by atoms with Gasteiger partial charge in [-0.3, -0.25) is 14.5 Å². The molecule has 10 heteroatoms. The second-order valence-corrected chi connectivity index (χ2v) is 11.6. The number of nitrogens with zero attached hydrogens (tertiary/aromatic N) is 3. The molecule has 37 heavy (non-hydrogen) atoms. The average molecular weight is 571 g/mol. The summed E-state index contributed by atoms with van der Waals surface area (Å²) in [6.45, 7) is 5.14. The van der Waals surface area contributed by atoms with E-state index in [2.05, 4.69) is 30.9 Å². The molecule has 0 bridgehead atoms. The topological polar surface area (TPSA) is 72.0 Å². The third kappa shape index (κ3) is 7.45. The van der Waals surface area contributed by atoms with Crippen LogP contribution in [0.2, 0.25) is 5.02 Å². The van der Waals surface area contributed by atoms with Crippen LogP contribution in [0.1, 0.15) is 52.7 Å². The molecule has 1 aromatic carbocycles. The molecule has 2 heterocycles. The van der Waals surface area contributed by atoms with Crippen LogP contribution < -0.4 is 0 Å². The van der Waals surface area contributed by atoms with Gasteiger partial charge in [-0.05, 0) is 63.6 Å². The Hall–Kier alpha value is -1.71. The number of benzene rings is 1. The molecule has 204 valence electrons. The van der Waals surface area contributed by atoms with Gasteiger partial charge in [-0.25, -0.2) is 4.98 Å². The Morgan fingerprint density at radius 3 is 2.46 bits per heavy atom. The first kappa shape index (κ1) is 29.8. The maximum absolute atomic E-state index is 13.1. The summed E-state index contributed by atoms with van der Waals surface area (Å²) in [5.41, 5.74) is 2.35. The van der Waals surface area contributed by atoms with Crippen molar-refractivity contribution in [3.05, 3.63) is 50.4 Å². The summed E-state index contributed by atoms with van der Waals surface area (Å²) in [5, 5.41) is 1.99. The lowest BCUT2D eigenvalue weighted by Crippen LogP contribution is -2.59. The van der Waals surface area contributed by atoms with Crippen LogP contribution in [0.5, 0.6) is 0 Å². The van der Waals surface area contributed by atoms with E-state index in [0.717, 1.165) is 42.8 Å². The number of morpholine rings is 1. The standard InChI is InChI=1S/C27H36ClN3O4S.ClH/c1-17-18(2)36-26(29-17)20-7-11-22(12-8-20)31-14-24(27(33)30(3)15-25(32)34-4)35-16-23(31)13-19-5-9-21(28)10-6-19;/h5-6,9-10,20,22-24H,7-8,11-16H2,1-4H3;1H/t20?,22?,23-,24+;/m0./s1. The van der Waals surface area contributed by atoms with Crippen molar-refractivity contribution in [1.29, 1.82) is 0 Å². The van der Waals surface area contributed by atoms with Gasteiger partial charge in [0.05, 0.1) is 24.4 Å². The van der Waals surface area contributed by atoms with E-state index in [0.29, 0.717) is 25.1 Å². The van der Waals surface area contributed by atoms with Crippen molar-refractivity contribution in [2.45, 2.75) is 70.1 Å². The summed E-state index contributed by atoms with van der Waals surface area (Å²) < 4.78 is 10.8. The number of ether oxygens (including phenoxy) is 2. The number of likely N-dealkylation sites (N-methyl/N-ethyl adjacent to an activating group) is 1. The monoisotopic (exact) mass is 569 g/mol. The SMILES string of the molecule is COC(=O)CN(C)C(=O)[C@H]1CN(C2CCC(c3nc(C)c(C)s3)CC2)[C@@H](Cc2ccc(Cl)cc2)CO1.Cl. The molecule has 0 radical (unpaired) electrons. The maximum atomic E-state index is 13.1. The molecule has 1 aliphatic heterocycles. The predicted molar refractivity (Wildman–Crippen MR) is 149 cm³/mol. The molecule has 2 aromatic rings. The Bertz CT molecular complexity index is 1040. The minimum atomic E-state index is -0.594. The number of aryl methyl sites for hydroxylation is 2. The number of hydrogen-bond acceptors (Lipinski definition) is 7. The zero-order chi connectivity index (χ0) is 25.8. The average Bonchev–Trinajstić information content (AvgIpc) is 3.23. The van der Waals surface area contributed by atoms with E-state index in [4.69, 9.17) is 26.1 Å². The zero-order valence-electron chi connectivity index (χ0n) is 21.9. The molecule has 2 atom stereocenters. The molecule has 0 N–H and O–H groups in total. The summed E-state index contributed by atoms with van der Waals surface area (Å²) >= 11 is 7.93. The van der Waals surface area contributed by atoms with Crippen LogP contribution in [0.15, 0.2) is 24.3 Å². The van der Waals surface area contributed by atoms with Gasteiger partial charge < -0.3 is 14.4 Å². The summed E-state index contributed by atoms with van der Waals surface area (Å²) in [6.07, 6.45) is 4.58. The molecule has 2 fully saturated rings. The minimum Gasteiger partial charge on any atom is -0.468 e. The number of carbonyl (C=O) groups is 2. The first-order valence-corrected chi connectivity index (χ1v) is 13.8. The lowest BCUT2D eigenvalue weighted by molar-refractivity contribution is -0.158. The van der Waals surface area contributed by atoms with E-state index in [1.807, 2.05) is 23.5 Å².